The number of rotatable bonds is 4. The number of amides is 1. The first-order chi connectivity index (χ1) is 10.1. The minimum absolute atomic E-state index is 0.181. The molecule has 0 radical (unpaired) electrons. The van der Waals surface area contributed by atoms with Gasteiger partial charge in [0, 0.05) is 11.7 Å². The Labute approximate surface area is 124 Å². The molecular weight excluding hydrogens is 262 g/mol. The van der Waals surface area contributed by atoms with E-state index in [-0.39, 0.29) is 5.91 Å². The Balaban J connectivity index is 1.74. The second-order valence-electron chi connectivity index (χ2n) is 5.66. The largest absolute Gasteiger partial charge is 0.367 e. The lowest BCUT2D eigenvalue weighted by Crippen LogP contribution is -2.15. The van der Waals surface area contributed by atoms with E-state index in [0.29, 0.717) is 11.7 Å². The summed E-state index contributed by atoms with van der Waals surface area (Å²) in [6, 6.07) is 12.0. The van der Waals surface area contributed by atoms with Crippen LogP contribution in [0.1, 0.15) is 34.5 Å². The fourth-order valence-corrected chi connectivity index (χ4v) is 2.32. The molecule has 3 rings (SSSR count). The molecule has 4 nitrogen and oxygen atoms in total. The lowest BCUT2D eigenvalue weighted by Gasteiger charge is -2.09. The number of aryl methyl sites for hydroxylation is 2. The van der Waals surface area contributed by atoms with E-state index in [4.69, 9.17) is 0 Å². The van der Waals surface area contributed by atoms with Gasteiger partial charge in [-0.05, 0) is 62.1 Å². The predicted octanol–water partition coefficient (Wildman–Crippen LogP) is 3.53. The third kappa shape index (κ3) is 3.60. The van der Waals surface area contributed by atoms with Crippen molar-refractivity contribution in [3.8, 4) is 0 Å². The van der Waals surface area contributed by atoms with E-state index < -0.39 is 0 Å². The maximum atomic E-state index is 12.3. The van der Waals surface area contributed by atoms with Gasteiger partial charge in [0.25, 0.3) is 5.91 Å². The maximum Gasteiger partial charge on any atom is 0.274 e. The Morgan fingerprint density at radius 1 is 1.14 bits per heavy atom. The molecule has 2 N–H and O–H groups in total. The highest BCUT2D eigenvalue weighted by Gasteiger charge is 2.21. The Kier molecular flexibility index (Phi) is 3.60. The third-order valence-corrected chi connectivity index (χ3v) is 3.39. The molecule has 2 aromatic rings. The Morgan fingerprint density at radius 2 is 1.86 bits per heavy atom. The lowest BCUT2D eigenvalue weighted by molar-refractivity contribution is 0.102. The van der Waals surface area contributed by atoms with Crippen LogP contribution in [0.5, 0.6) is 0 Å². The SMILES string of the molecule is Cc1cc(C)cc(NC(=O)c2cccc(NC3CC3)n2)c1. The zero-order valence-corrected chi connectivity index (χ0v) is 12.3. The second-order valence-corrected chi connectivity index (χ2v) is 5.66. The summed E-state index contributed by atoms with van der Waals surface area (Å²) in [6.45, 7) is 4.03. The van der Waals surface area contributed by atoms with Gasteiger partial charge in [0.05, 0.1) is 0 Å². The van der Waals surface area contributed by atoms with Crippen molar-refractivity contribution in [2.24, 2.45) is 0 Å². The molecule has 4 heteroatoms. The topological polar surface area (TPSA) is 54.0 Å². The molecule has 1 aliphatic rings. The van der Waals surface area contributed by atoms with E-state index in [1.807, 2.05) is 38.1 Å². The van der Waals surface area contributed by atoms with E-state index in [9.17, 15) is 4.79 Å². The van der Waals surface area contributed by atoms with Crippen molar-refractivity contribution < 1.29 is 4.79 Å². The minimum Gasteiger partial charge on any atom is -0.367 e. The molecule has 1 aromatic heterocycles. The quantitative estimate of drug-likeness (QED) is 0.901. The monoisotopic (exact) mass is 281 g/mol. The van der Waals surface area contributed by atoms with E-state index in [1.54, 1.807) is 6.07 Å². The van der Waals surface area contributed by atoms with Crippen LogP contribution in [0.15, 0.2) is 36.4 Å². The molecule has 0 unspecified atom stereocenters. The average Bonchev–Trinajstić information content (AvgIpc) is 3.21. The molecule has 1 saturated carbocycles. The van der Waals surface area contributed by atoms with Crippen LogP contribution in [-0.4, -0.2) is 16.9 Å². The number of hydrogen-bond acceptors (Lipinski definition) is 3. The van der Waals surface area contributed by atoms with Gasteiger partial charge in [0.2, 0.25) is 0 Å². The van der Waals surface area contributed by atoms with Gasteiger partial charge in [-0.2, -0.15) is 0 Å². The number of anilines is 2. The summed E-state index contributed by atoms with van der Waals surface area (Å²) in [5.74, 6) is 0.588. The minimum atomic E-state index is -0.181. The molecule has 0 saturated heterocycles. The van der Waals surface area contributed by atoms with E-state index >= 15 is 0 Å². The van der Waals surface area contributed by atoms with Gasteiger partial charge in [0.15, 0.2) is 0 Å². The van der Waals surface area contributed by atoms with E-state index in [1.165, 1.54) is 12.8 Å². The van der Waals surface area contributed by atoms with Crippen LogP contribution in [-0.2, 0) is 0 Å². The van der Waals surface area contributed by atoms with Crippen molar-refractivity contribution in [2.45, 2.75) is 32.7 Å². The van der Waals surface area contributed by atoms with Crippen LogP contribution in [0, 0.1) is 13.8 Å². The summed E-state index contributed by atoms with van der Waals surface area (Å²) in [5.41, 5.74) is 3.49. The van der Waals surface area contributed by atoms with Gasteiger partial charge in [-0.25, -0.2) is 4.98 Å². The first kappa shape index (κ1) is 13.6. The van der Waals surface area contributed by atoms with E-state index in [2.05, 4.69) is 21.7 Å². The molecule has 1 heterocycles. The molecule has 0 atom stereocenters. The molecule has 108 valence electrons. The van der Waals surface area contributed by atoms with Gasteiger partial charge in [-0.1, -0.05) is 12.1 Å². The molecule has 21 heavy (non-hydrogen) atoms. The van der Waals surface area contributed by atoms with Gasteiger partial charge in [-0.3, -0.25) is 4.79 Å². The van der Waals surface area contributed by atoms with Gasteiger partial charge in [0.1, 0.15) is 11.5 Å². The number of hydrogen-bond donors (Lipinski definition) is 2. The number of carbonyl (C=O) groups excluding carboxylic acids is 1. The average molecular weight is 281 g/mol. The highest BCUT2D eigenvalue weighted by atomic mass is 16.1. The Morgan fingerprint density at radius 3 is 2.52 bits per heavy atom. The van der Waals surface area contributed by atoms with Crippen molar-refractivity contribution in [1.29, 1.82) is 0 Å². The molecule has 0 bridgehead atoms. The van der Waals surface area contributed by atoms with Crippen LogP contribution in [0.25, 0.3) is 0 Å². The number of carbonyl (C=O) groups is 1. The van der Waals surface area contributed by atoms with Gasteiger partial charge >= 0.3 is 0 Å². The number of aromatic nitrogens is 1. The third-order valence-electron chi connectivity index (χ3n) is 3.39. The first-order valence-corrected chi connectivity index (χ1v) is 7.23. The van der Waals surface area contributed by atoms with Crippen LogP contribution < -0.4 is 10.6 Å². The highest BCUT2D eigenvalue weighted by Crippen LogP contribution is 2.23. The highest BCUT2D eigenvalue weighted by molar-refractivity contribution is 6.03. The molecule has 1 aromatic carbocycles. The van der Waals surface area contributed by atoms with Crippen molar-refractivity contribution in [3.63, 3.8) is 0 Å². The van der Waals surface area contributed by atoms with E-state index in [0.717, 1.165) is 22.6 Å². The Bertz CT molecular complexity index is 657. The molecule has 1 aliphatic carbocycles. The summed E-state index contributed by atoms with van der Waals surface area (Å²) in [4.78, 5) is 16.7. The Hall–Kier alpha value is -2.36. The zero-order valence-electron chi connectivity index (χ0n) is 12.3. The van der Waals surface area contributed by atoms with Gasteiger partial charge < -0.3 is 10.6 Å². The van der Waals surface area contributed by atoms with Gasteiger partial charge in [-0.15, -0.1) is 0 Å². The smallest absolute Gasteiger partial charge is 0.274 e. The maximum absolute atomic E-state index is 12.3. The molecular formula is C17H19N3O. The van der Waals surface area contributed by atoms with Crippen molar-refractivity contribution in [2.75, 3.05) is 10.6 Å². The first-order valence-electron chi connectivity index (χ1n) is 7.23. The van der Waals surface area contributed by atoms with Crippen LogP contribution in [0.2, 0.25) is 0 Å². The fourth-order valence-electron chi connectivity index (χ4n) is 2.32. The standard InChI is InChI=1S/C17H19N3O/c1-11-8-12(2)10-14(9-11)19-17(21)15-4-3-5-16(20-15)18-13-6-7-13/h3-5,8-10,13H,6-7H2,1-2H3,(H,18,20)(H,19,21). The molecule has 1 fully saturated rings. The summed E-state index contributed by atoms with van der Waals surface area (Å²) in [6.07, 6.45) is 2.36. The number of benzene rings is 1. The summed E-state index contributed by atoms with van der Waals surface area (Å²) < 4.78 is 0. The molecule has 0 spiro atoms. The molecule has 1 amide bonds. The zero-order chi connectivity index (χ0) is 14.8. The molecule has 0 aliphatic heterocycles. The van der Waals surface area contributed by atoms with Crippen molar-refractivity contribution in [1.82, 2.24) is 4.98 Å². The number of nitrogens with one attached hydrogen (secondary N) is 2. The van der Waals surface area contributed by atoms with Crippen LogP contribution >= 0.6 is 0 Å². The lowest BCUT2D eigenvalue weighted by atomic mass is 10.1. The van der Waals surface area contributed by atoms with Crippen LogP contribution in [0.3, 0.4) is 0 Å². The van der Waals surface area contributed by atoms with Crippen molar-refractivity contribution >= 4 is 17.4 Å². The summed E-state index contributed by atoms with van der Waals surface area (Å²) in [7, 11) is 0. The second kappa shape index (κ2) is 5.56. The predicted molar refractivity (Wildman–Crippen MR) is 84.8 cm³/mol. The van der Waals surface area contributed by atoms with Crippen molar-refractivity contribution in [3.05, 3.63) is 53.2 Å². The number of pyridine rings is 1. The normalized spacial score (nSPS) is 13.8. The van der Waals surface area contributed by atoms with Crippen LogP contribution in [0.4, 0.5) is 11.5 Å². The summed E-state index contributed by atoms with van der Waals surface area (Å²) in [5, 5.41) is 6.21. The summed E-state index contributed by atoms with van der Waals surface area (Å²) >= 11 is 0. The fraction of sp³-hybridized carbons (Fsp3) is 0.294. The number of nitrogens with zero attached hydrogens (tertiary/aromatic N) is 1.